The number of fused-ring (bicyclic) bond motifs is 3. The molecule has 0 spiro atoms. The molecule has 2 saturated heterocycles. The highest BCUT2D eigenvalue weighted by atomic mass is 16.6. The molecule has 2 fully saturated rings. The third kappa shape index (κ3) is 4.61. The number of hydrogen-bond donors (Lipinski definition) is 0. The van der Waals surface area contributed by atoms with Crippen LogP contribution in [0.1, 0.15) is 52.4 Å². The van der Waals surface area contributed by atoms with E-state index in [1.165, 1.54) is 12.2 Å². The van der Waals surface area contributed by atoms with Gasteiger partial charge in [-0.25, -0.2) is 9.59 Å². The highest BCUT2D eigenvalue weighted by Crippen LogP contribution is 2.49. The molecule has 0 radical (unpaired) electrons. The molecule has 2 heterocycles. The van der Waals surface area contributed by atoms with Gasteiger partial charge in [0.25, 0.3) is 0 Å². The van der Waals surface area contributed by atoms with E-state index < -0.39 is 5.97 Å². The zero-order valence-corrected chi connectivity index (χ0v) is 16.6. The molecule has 0 bridgehead atoms. The Morgan fingerprint density at radius 2 is 2.18 bits per heavy atom. The van der Waals surface area contributed by atoms with E-state index >= 15 is 0 Å². The lowest BCUT2D eigenvalue weighted by Gasteiger charge is -2.20. The number of ketones is 1. The van der Waals surface area contributed by atoms with E-state index in [2.05, 4.69) is 12.7 Å². The molecular formula is C22H28O6. The van der Waals surface area contributed by atoms with Gasteiger partial charge in [-0.15, -0.1) is 0 Å². The molecule has 3 rings (SSSR count). The van der Waals surface area contributed by atoms with Gasteiger partial charge in [-0.05, 0) is 50.7 Å². The molecule has 3 aliphatic rings. The summed E-state index contributed by atoms with van der Waals surface area (Å²) in [7, 11) is 0. The highest BCUT2D eigenvalue weighted by Gasteiger charge is 2.61. The van der Waals surface area contributed by atoms with Crippen LogP contribution in [0.3, 0.4) is 0 Å². The molecule has 0 N–H and O–H groups in total. The summed E-state index contributed by atoms with van der Waals surface area (Å²) in [6.45, 7) is 8.02. The maximum Gasteiger partial charge on any atom is 0.334 e. The van der Waals surface area contributed by atoms with Crippen LogP contribution in [-0.4, -0.2) is 42.1 Å². The Bertz CT molecular complexity index is 733. The molecule has 0 aromatic rings. The van der Waals surface area contributed by atoms with Crippen molar-refractivity contribution in [2.45, 2.75) is 70.2 Å². The number of carbonyl (C=O) groups excluding carboxylic acids is 3. The van der Waals surface area contributed by atoms with E-state index in [0.29, 0.717) is 24.8 Å². The second-order valence-electron chi connectivity index (χ2n) is 7.95. The van der Waals surface area contributed by atoms with Gasteiger partial charge in [0.1, 0.15) is 18.8 Å². The fourth-order valence-electron chi connectivity index (χ4n) is 3.95. The van der Waals surface area contributed by atoms with Crippen molar-refractivity contribution in [1.82, 2.24) is 0 Å². The van der Waals surface area contributed by atoms with Crippen LogP contribution in [-0.2, 0) is 28.6 Å². The van der Waals surface area contributed by atoms with Crippen molar-refractivity contribution in [1.29, 1.82) is 0 Å². The first-order valence-corrected chi connectivity index (χ1v) is 9.97. The van der Waals surface area contributed by atoms with Crippen LogP contribution in [0.15, 0.2) is 36.0 Å². The zero-order chi connectivity index (χ0) is 20.3. The Morgan fingerprint density at radius 1 is 1.39 bits per heavy atom. The first-order valence-electron chi connectivity index (χ1n) is 9.97. The van der Waals surface area contributed by atoms with Crippen LogP contribution in [0.4, 0.5) is 0 Å². The Hall–Kier alpha value is -2.21. The first kappa shape index (κ1) is 20.5. The van der Waals surface area contributed by atoms with Crippen molar-refractivity contribution in [2.75, 3.05) is 6.61 Å². The fraction of sp³-hybridized carbons (Fsp3) is 0.591. The van der Waals surface area contributed by atoms with Crippen molar-refractivity contribution >= 4 is 17.7 Å². The summed E-state index contributed by atoms with van der Waals surface area (Å²) in [5, 5.41) is 0. The number of ether oxygens (including phenoxy) is 3. The second kappa shape index (κ2) is 8.43. The molecule has 2 aliphatic heterocycles. The van der Waals surface area contributed by atoms with E-state index in [1.807, 2.05) is 13.8 Å². The van der Waals surface area contributed by atoms with Gasteiger partial charge in [-0.2, -0.15) is 0 Å². The van der Waals surface area contributed by atoms with Crippen molar-refractivity contribution in [3.05, 3.63) is 36.0 Å². The molecule has 6 heteroatoms. The van der Waals surface area contributed by atoms with Crippen LogP contribution in [0, 0.1) is 5.92 Å². The van der Waals surface area contributed by atoms with Crippen LogP contribution in [0.25, 0.3) is 0 Å². The van der Waals surface area contributed by atoms with Gasteiger partial charge in [0, 0.05) is 24.0 Å². The maximum atomic E-state index is 12.0. The number of rotatable bonds is 6. The zero-order valence-electron chi connectivity index (χ0n) is 16.6. The lowest BCUT2D eigenvalue weighted by Crippen LogP contribution is -2.29. The molecule has 0 aromatic carbocycles. The van der Waals surface area contributed by atoms with Gasteiger partial charge in [-0.1, -0.05) is 19.6 Å². The Kier molecular flexibility index (Phi) is 6.18. The van der Waals surface area contributed by atoms with E-state index in [4.69, 9.17) is 14.2 Å². The summed E-state index contributed by atoms with van der Waals surface area (Å²) in [6.07, 6.45) is 8.36. The number of carbonyl (C=O) groups is 3. The molecule has 1 aliphatic carbocycles. The monoisotopic (exact) mass is 388 g/mol. The molecule has 0 aromatic heterocycles. The largest absolute Gasteiger partial charge is 0.458 e. The molecule has 28 heavy (non-hydrogen) atoms. The molecule has 0 saturated carbocycles. The lowest BCUT2D eigenvalue weighted by molar-refractivity contribution is -0.140. The summed E-state index contributed by atoms with van der Waals surface area (Å²) >= 11 is 0. The van der Waals surface area contributed by atoms with Crippen LogP contribution >= 0.6 is 0 Å². The lowest BCUT2D eigenvalue weighted by atomic mass is 9.84. The Morgan fingerprint density at radius 3 is 2.93 bits per heavy atom. The van der Waals surface area contributed by atoms with Gasteiger partial charge in [0.2, 0.25) is 0 Å². The third-order valence-electron chi connectivity index (χ3n) is 5.74. The minimum atomic E-state index is -0.526. The maximum absolute atomic E-state index is 12.0. The summed E-state index contributed by atoms with van der Waals surface area (Å²) in [5.41, 5.74) is 1.21. The number of allylic oxidation sites excluding steroid dienone is 2. The van der Waals surface area contributed by atoms with Crippen molar-refractivity contribution in [2.24, 2.45) is 5.92 Å². The van der Waals surface area contributed by atoms with Gasteiger partial charge < -0.3 is 14.2 Å². The van der Waals surface area contributed by atoms with Crippen LogP contribution in [0.5, 0.6) is 0 Å². The third-order valence-corrected chi connectivity index (χ3v) is 5.74. The van der Waals surface area contributed by atoms with E-state index in [1.54, 1.807) is 0 Å². The van der Waals surface area contributed by atoms with Crippen molar-refractivity contribution in [3.8, 4) is 0 Å². The summed E-state index contributed by atoms with van der Waals surface area (Å²) in [5.74, 6) is -1.03. The normalized spacial score (nSPS) is 34.1. The molecular weight excluding hydrogens is 360 g/mol. The fourth-order valence-corrected chi connectivity index (χ4v) is 3.95. The molecule has 0 amide bonds. The summed E-state index contributed by atoms with van der Waals surface area (Å²) in [6, 6.07) is 0. The van der Waals surface area contributed by atoms with Crippen LogP contribution < -0.4 is 0 Å². The van der Waals surface area contributed by atoms with Gasteiger partial charge in [-0.3, -0.25) is 4.79 Å². The molecule has 152 valence electrons. The second-order valence-corrected chi connectivity index (χ2v) is 7.95. The van der Waals surface area contributed by atoms with Crippen molar-refractivity contribution < 1.29 is 28.6 Å². The van der Waals surface area contributed by atoms with Gasteiger partial charge >= 0.3 is 11.9 Å². The Balaban J connectivity index is 1.60. The first-order chi connectivity index (χ1) is 13.3. The SMILES string of the molecule is C=C1C(=O)O[C@H]2[C@H]1CC/C(COC(=O)/C=C/C(=O)CCC)=C\CC[C@@]1(C)O[C@@H]21. The minimum Gasteiger partial charge on any atom is -0.458 e. The molecule has 0 unspecified atom stereocenters. The molecule has 6 nitrogen and oxygen atoms in total. The smallest absolute Gasteiger partial charge is 0.334 e. The average Bonchev–Trinajstić information content (AvgIpc) is 3.24. The quantitative estimate of drug-likeness (QED) is 0.301. The van der Waals surface area contributed by atoms with Crippen molar-refractivity contribution in [3.63, 3.8) is 0 Å². The predicted octanol–water partition coefficient (Wildman–Crippen LogP) is 3.21. The topological polar surface area (TPSA) is 82.2 Å². The average molecular weight is 388 g/mol. The number of epoxide rings is 1. The Labute approximate surface area is 165 Å². The van der Waals surface area contributed by atoms with E-state index in [0.717, 1.165) is 24.8 Å². The highest BCUT2D eigenvalue weighted by molar-refractivity contribution is 5.95. The molecule has 4 atom stereocenters. The standard InChI is InChI=1S/C22H28O6/c1-4-6-16(23)9-11-18(24)26-13-15-7-5-12-22(3)20(28-22)19-17(10-8-15)14(2)21(25)27-19/h7,9,11,17,19-20H,2,4-6,8,10,12-13H2,1,3H3/b11-9+,15-7+/t17-,19-,20-,22+/m0/s1. The van der Waals surface area contributed by atoms with Gasteiger partial charge in [0.05, 0.1) is 5.60 Å². The minimum absolute atomic E-state index is 0.0701. The van der Waals surface area contributed by atoms with Gasteiger partial charge in [0.15, 0.2) is 5.78 Å². The summed E-state index contributed by atoms with van der Waals surface area (Å²) in [4.78, 5) is 35.3. The van der Waals surface area contributed by atoms with E-state index in [-0.39, 0.29) is 42.1 Å². The number of esters is 2. The van der Waals surface area contributed by atoms with Crippen LogP contribution in [0.2, 0.25) is 0 Å². The van der Waals surface area contributed by atoms with E-state index in [9.17, 15) is 14.4 Å². The number of hydrogen-bond acceptors (Lipinski definition) is 6. The predicted molar refractivity (Wildman–Crippen MR) is 102 cm³/mol. The summed E-state index contributed by atoms with van der Waals surface area (Å²) < 4.78 is 16.7.